The Morgan fingerprint density at radius 2 is 2.22 bits per heavy atom. The van der Waals surface area contributed by atoms with Gasteiger partial charge in [0.15, 0.2) is 0 Å². The molecule has 3 heteroatoms. The zero-order chi connectivity index (χ0) is 13.1. The average molecular weight is 249 g/mol. The summed E-state index contributed by atoms with van der Waals surface area (Å²) in [5.41, 5.74) is 1.03. The molecule has 3 nitrogen and oxygen atoms in total. The first-order chi connectivity index (χ1) is 8.58. The largest absolute Gasteiger partial charge is 0.393 e. The third kappa shape index (κ3) is 3.02. The summed E-state index contributed by atoms with van der Waals surface area (Å²) < 4.78 is 1.83. The van der Waals surface area contributed by atoms with Gasteiger partial charge in [-0.25, -0.2) is 0 Å². The Kier molecular flexibility index (Phi) is 4.23. The predicted octanol–water partition coefficient (Wildman–Crippen LogP) is 2.52. The number of hydrogen-bond donors (Lipinski definition) is 1. The molecule has 1 N–H and O–H groups in total. The maximum atomic E-state index is 12.4. The van der Waals surface area contributed by atoms with E-state index in [2.05, 4.69) is 13.8 Å². The van der Waals surface area contributed by atoms with Crippen molar-refractivity contribution in [3.8, 4) is 0 Å². The van der Waals surface area contributed by atoms with E-state index >= 15 is 0 Å². The van der Waals surface area contributed by atoms with Crippen LogP contribution in [0.15, 0.2) is 23.1 Å². The molecule has 0 aliphatic heterocycles. The lowest BCUT2D eigenvalue weighted by atomic mass is 9.92. The van der Waals surface area contributed by atoms with E-state index < -0.39 is 0 Å². The Hall–Kier alpha value is -1.09. The van der Waals surface area contributed by atoms with Crippen LogP contribution < -0.4 is 5.56 Å². The van der Waals surface area contributed by atoms with E-state index in [0.29, 0.717) is 12.3 Å². The van der Waals surface area contributed by atoms with Crippen molar-refractivity contribution in [3.05, 3.63) is 34.2 Å². The third-order valence-corrected chi connectivity index (χ3v) is 3.69. The third-order valence-electron chi connectivity index (χ3n) is 3.69. The van der Waals surface area contributed by atoms with Crippen LogP contribution in [0.5, 0.6) is 0 Å². The number of nitrogens with zero attached hydrogens (tertiary/aromatic N) is 1. The van der Waals surface area contributed by atoms with Crippen LogP contribution in [-0.2, 0) is 6.42 Å². The first-order valence-corrected chi connectivity index (χ1v) is 6.96. The van der Waals surface area contributed by atoms with E-state index in [0.717, 1.165) is 31.2 Å². The lowest BCUT2D eigenvalue weighted by molar-refractivity contribution is 0.103. The van der Waals surface area contributed by atoms with Crippen molar-refractivity contribution in [2.45, 2.75) is 58.1 Å². The summed E-state index contributed by atoms with van der Waals surface area (Å²) in [6, 6.07) is 4.06. The van der Waals surface area contributed by atoms with Crippen molar-refractivity contribution in [1.82, 2.24) is 4.57 Å². The van der Waals surface area contributed by atoms with Gasteiger partial charge in [-0.15, -0.1) is 0 Å². The van der Waals surface area contributed by atoms with Crippen molar-refractivity contribution in [2.24, 2.45) is 5.92 Å². The van der Waals surface area contributed by atoms with Crippen LogP contribution in [0.2, 0.25) is 0 Å². The molecule has 1 fully saturated rings. The molecule has 0 spiro atoms. The molecule has 100 valence electrons. The Balaban J connectivity index is 2.25. The minimum absolute atomic E-state index is 0.130. The van der Waals surface area contributed by atoms with E-state index in [1.54, 1.807) is 0 Å². The molecule has 0 aromatic carbocycles. The summed E-state index contributed by atoms with van der Waals surface area (Å²) in [6.07, 6.45) is 6.05. The first-order valence-electron chi connectivity index (χ1n) is 6.96. The van der Waals surface area contributed by atoms with E-state index in [1.807, 2.05) is 22.9 Å². The van der Waals surface area contributed by atoms with Gasteiger partial charge in [0, 0.05) is 17.8 Å². The Labute approximate surface area is 108 Å². The molecule has 2 atom stereocenters. The number of hydrogen-bond acceptors (Lipinski definition) is 2. The standard InChI is InChI=1S/C15H23NO2/c1-11(2)9-12-5-4-8-16(15(12)18)13-6-3-7-14(17)10-13/h4-5,8,11,13-14,17H,3,6-7,9-10H2,1-2H3. The molecule has 0 radical (unpaired) electrons. The van der Waals surface area contributed by atoms with Crippen LogP contribution in [0.1, 0.15) is 51.1 Å². The van der Waals surface area contributed by atoms with Crippen LogP contribution in [0.25, 0.3) is 0 Å². The van der Waals surface area contributed by atoms with Gasteiger partial charge in [0.2, 0.25) is 0 Å². The number of aliphatic hydroxyl groups is 1. The van der Waals surface area contributed by atoms with E-state index in [9.17, 15) is 9.90 Å². The van der Waals surface area contributed by atoms with Crippen LogP contribution in [0, 0.1) is 5.92 Å². The average Bonchev–Trinajstić information content (AvgIpc) is 2.31. The Morgan fingerprint density at radius 3 is 2.89 bits per heavy atom. The lowest BCUT2D eigenvalue weighted by Gasteiger charge is -2.27. The highest BCUT2D eigenvalue weighted by Crippen LogP contribution is 2.27. The smallest absolute Gasteiger partial charge is 0.253 e. The maximum absolute atomic E-state index is 12.4. The monoisotopic (exact) mass is 249 g/mol. The van der Waals surface area contributed by atoms with Crippen molar-refractivity contribution in [1.29, 1.82) is 0 Å². The van der Waals surface area contributed by atoms with Crippen molar-refractivity contribution >= 4 is 0 Å². The van der Waals surface area contributed by atoms with Gasteiger partial charge in [0.25, 0.3) is 5.56 Å². The highest BCUT2D eigenvalue weighted by molar-refractivity contribution is 5.12. The molecule has 0 saturated heterocycles. The van der Waals surface area contributed by atoms with Crippen LogP contribution in [0.3, 0.4) is 0 Å². The van der Waals surface area contributed by atoms with Gasteiger partial charge in [-0.3, -0.25) is 4.79 Å². The van der Waals surface area contributed by atoms with Crippen molar-refractivity contribution in [3.63, 3.8) is 0 Å². The minimum atomic E-state index is -0.246. The molecule has 1 aliphatic rings. The van der Waals surface area contributed by atoms with Gasteiger partial charge in [-0.05, 0) is 44.1 Å². The topological polar surface area (TPSA) is 42.2 Å². The van der Waals surface area contributed by atoms with Crippen molar-refractivity contribution in [2.75, 3.05) is 0 Å². The molecule has 2 rings (SSSR count). The zero-order valence-electron chi connectivity index (χ0n) is 11.3. The fourth-order valence-electron chi connectivity index (χ4n) is 2.83. The molecule has 1 aliphatic carbocycles. The normalized spacial score (nSPS) is 24.4. The zero-order valence-corrected chi connectivity index (χ0v) is 11.3. The highest BCUT2D eigenvalue weighted by atomic mass is 16.3. The fourth-order valence-corrected chi connectivity index (χ4v) is 2.83. The molecule has 2 unspecified atom stereocenters. The molecular formula is C15H23NO2. The second kappa shape index (κ2) is 5.70. The number of aliphatic hydroxyl groups excluding tert-OH is 1. The molecule has 1 aromatic heterocycles. The number of rotatable bonds is 3. The SMILES string of the molecule is CC(C)Cc1cccn(C2CCCC(O)C2)c1=O. The summed E-state index contributed by atoms with van der Waals surface area (Å²) in [5, 5.41) is 9.73. The molecule has 1 saturated carbocycles. The van der Waals surface area contributed by atoms with Crippen molar-refractivity contribution < 1.29 is 5.11 Å². The second-order valence-corrected chi connectivity index (χ2v) is 5.82. The predicted molar refractivity (Wildman–Crippen MR) is 72.8 cm³/mol. The summed E-state index contributed by atoms with van der Waals surface area (Å²) >= 11 is 0. The van der Waals surface area contributed by atoms with Gasteiger partial charge in [0.05, 0.1) is 6.10 Å². The maximum Gasteiger partial charge on any atom is 0.253 e. The van der Waals surface area contributed by atoms with E-state index in [1.165, 1.54) is 0 Å². The van der Waals surface area contributed by atoms with E-state index in [4.69, 9.17) is 0 Å². The summed E-state index contributed by atoms with van der Waals surface area (Å²) in [4.78, 5) is 12.4. The molecule has 1 aromatic rings. The minimum Gasteiger partial charge on any atom is -0.393 e. The molecule has 18 heavy (non-hydrogen) atoms. The van der Waals surface area contributed by atoms with Gasteiger partial charge in [-0.2, -0.15) is 0 Å². The van der Waals surface area contributed by atoms with Crippen LogP contribution >= 0.6 is 0 Å². The number of pyridine rings is 1. The summed E-state index contributed by atoms with van der Waals surface area (Å²) in [5.74, 6) is 0.491. The van der Waals surface area contributed by atoms with Crippen LogP contribution in [0.4, 0.5) is 0 Å². The molecule has 1 heterocycles. The molecular weight excluding hydrogens is 226 g/mol. The van der Waals surface area contributed by atoms with Gasteiger partial charge in [0.1, 0.15) is 0 Å². The van der Waals surface area contributed by atoms with Crippen LogP contribution in [-0.4, -0.2) is 15.8 Å². The van der Waals surface area contributed by atoms with Gasteiger partial charge >= 0.3 is 0 Å². The Bertz CT molecular complexity index is 450. The van der Waals surface area contributed by atoms with E-state index in [-0.39, 0.29) is 17.7 Å². The molecule has 0 bridgehead atoms. The summed E-state index contributed by atoms with van der Waals surface area (Å²) in [7, 11) is 0. The van der Waals surface area contributed by atoms with Gasteiger partial charge < -0.3 is 9.67 Å². The quantitative estimate of drug-likeness (QED) is 0.894. The summed E-state index contributed by atoms with van der Waals surface area (Å²) in [6.45, 7) is 4.25. The fraction of sp³-hybridized carbons (Fsp3) is 0.667. The van der Waals surface area contributed by atoms with Gasteiger partial charge in [-0.1, -0.05) is 19.9 Å². The number of aromatic nitrogens is 1. The highest BCUT2D eigenvalue weighted by Gasteiger charge is 2.22. The lowest BCUT2D eigenvalue weighted by Crippen LogP contribution is -2.31. The second-order valence-electron chi connectivity index (χ2n) is 5.82. The Morgan fingerprint density at radius 1 is 1.44 bits per heavy atom. The first kappa shape index (κ1) is 13.3. The molecule has 0 amide bonds.